The summed E-state index contributed by atoms with van der Waals surface area (Å²) < 4.78 is 22.3. The monoisotopic (exact) mass is 472 g/mol. The number of aryl methyl sites for hydroxylation is 1. The Kier molecular flexibility index (Phi) is 6.07. The molecule has 2 aromatic carbocycles. The van der Waals surface area contributed by atoms with Crippen LogP contribution in [0.5, 0.6) is 17.2 Å². The summed E-state index contributed by atoms with van der Waals surface area (Å²) in [6.07, 6.45) is 3.47. The van der Waals surface area contributed by atoms with E-state index in [2.05, 4.69) is 25.1 Å². The van der Waals surface area contributed by atoms with Crippen LogP contribution in [0.4, 0.5) is 0 Å². The minimum atomic E-state index is -0.118. The standard InChI is InChI=1S/C28H28N2O5/c1-17-8-5-6-9-20(17)25-18(16-30(19-11-12-19)28(31)23-10-7-13-35-23)14-21-22(29-25)15-24(32-2)27(34-4)26(21)33-3/h5-10,13-15,19H,11-12,16H2,1-4H3. The molecule has 0 saturated heterocycles. The molecule has 2 aromatic heterocycles. The fourth-order valence-electron chi connectivity index (χ4n) is 4.50. The third-order valence-corrected chi connectivity index (χ3v) is 6.42. The number of hydrogen-bond acceptors (Lipinski definition) is 6. The molecular formula is C28H28N2O5. The summed E-state index contributed by atoms with van der Waals surface area (Å²) in [4.78, 5) is 20.3. The first kappa shape index (κ1) is 22.8. The van der Waals surface area contributed by atoms with E-state index in [1.165, 1.54) is 6.26 Å². The molecule has 5 rings (SSSR count). The summed E-state index contributed by atoms with van der Waals surface area (Å²) in [7, 11) is 4.77. The molecule has 1 amide bonds. The summed E-state index contributed by atoms with van der Waals surface area (Å²) in [5.41, 5.74) is 4.58. The number of rotatable bonds is 8. The minimum absolute atomic E-state index is 0.118. The lowest BCUT2D eigenvalue weighted by Gasteiger charge is -2.24. The van der Waals surface area contributed by atoms with Crippen LogP contribution in [0.15, 0.2) is 59.2 Å². The van der Waals surface area contributed by atoms with Crippen molar-refractivity contribution in [3.63, 3.8) is 0 Å². The zero-order chi connectivity index (χ0) is 24.5. The van der Waals surface area contributed by atoms with Gasteiger partial charge in [-0.25, -0.2) is 4.98 Å². The number of amides is 1. The number of nitrogens with zero attached hydrogens (tertiary/aromatic N) is 2. The Balaban J connectivity index is 1.71. The Labute approximate surface area is 204 Å². The number of hydrogen-bond donors (Lipinski definition) is 0. The first-order valence-electron chi connectivity index (χ1n) is 11.6. The highest BCUT2D eigenvalue weighted by molar-refractivity contribution is 5.94. The van der Waals surface area contributed by atoms with Gasteiger partial charge in [0.1, 0.15) is 0 Å². The van der Waals surface area contributed by atoms with E-state index in [0.29, 0.717) is 29.6 Å². The maximum atomic E-state index is 13.3. The molecule has 7 heteroatoms. The van der Waals surface area contributed by atoms with E-state index in [4.69, 9.17) is 23.6 Å². The van der Waals surface area contributed by atoms with Gasteiger partial charge in [0.15, 0.2) is 17.3 Å². The van der Waals surface area contributed by atoms with E-state index in [1.54, 1.807) is 33.5 Å². The van der Waals surface area contributed by atoms with Crippen molar-refractivity contribution >= 4 is 16.8 Å². The maximum Gasteiger partial charge on any atom is 0.290 e. The van der Waals surface area contributed by atoms with E-state index < -0.39 is 0 Å². The molecule has 7 nitrogen and oxygen atoms in total. The molecule has 1 saturated carbocycles. The second-order valence-corrected chi connectivity index (χ2v) is 8.66. The molecule has 0 radical (unpaired) electrons. The van der Waals surface area contributed by atoms with Crippen LogP contribution in [-0.2, 0) is 6.54 Å². The van der Waals surface area contributed by atoms with Crippen LogP contribution in [0.25, 0.3) is 22.2 Å². The zero-order valence-electron chi connectivity index (χ0n) is 20.3. The van der Waals surface area contributed by atoms with Gasteiger partial charge in [-0.3, -0.25) is 4.79 Å². The molecule has 180 valence electrons. The Hall–Kier alpha value is -4.00. The van der Waals surface area contributed by atoms with Gasteiger partial charge < -0.3 is 23.5 Å². The molecule has 1 aliphatic rings. The van der Waals surface area contributed by atoms with Crippen molar-refractivity contribution < 1.29 is 23.4 Å². The van der Waals surface area contributed by atoms with Crippen molar-refractivity contribution in [2.75, 3.05) is 21.3 Å². The average Bonchev–Trinajstić information content (AvgIpc) is 3.57. The molecule has 0 N–H and O–H groups in total. The first-order valence-corrected chi connectivity index (χ1v) is 11.6. The van der Waals surface area contributed by atoms with Crippen molar-refractivity contribution in [3.8, 4) is 28.5 Å². The summed E-state index contributed by atoms with van der Waals surface area (Å²) in [5, 5.41) is 0.790. The first-order chi connectivity index (χ1) is 17.0. The fraction of sp³-hybridized carbons (Fsp3) is 0.286. The Morgan fingerprint density at radius 2 is 1.80 bits per heavy atom. The van der Waals surface area contributed by atoms with Crippen LogP contribution in [0.3, 0.4) is 0 Å². The third kappa shape index (κ3) is 4.18. The summed E-state index contributed by atoms with van der Waals surface area (Å²) in [5.74, 6) is 1.81. The van der Waals surface area contributed by atoms with Crippen LogP contribution < -0.4 is 14.2 Å². The lowest BCUT2D eigenvalue weighted by atomic mass is 9.98. The van der Waals surface area contributed by atoms with Crippen molar-refractivity contribution in [3.05, 3.63) is 71.7 Å². The summed E-state index contributed by atoms with van der Waals surface area (Å²) >= 11 is 0. The van der Waals surface area contributed by atoms with Gasteiger partial charge in [0.25, 0.3) is 5.91 Å². The largest absolute Gasteiger partial charge is 0.493 e. The molecule has 0 unspecified atom stereocenters. The number of aromatic nitrogens is 1. The number of fused-ring (bicyclic) bond motifs is 1. The predicted octanol–water partition coefficient (Wildman–Crippen LogP) is 5.63. The Bertz CT molecular complexity index is 1380. The van der Waals surface area contributed by atoms with Gasteiger partial charge in [-0.2, -0.15) is 0 Å². The van der Waals surface area contributed by atoms with Crippen molar-refractivity contribution in [1.82, 2.24) is 9.88 Å². The number of benzene rings is 2. The third-order valence-electron chi connectivity index (χ3n) is 6.42. The molecule has 1 fully saturated rings. The quantitative estimate of drug-likeness (QED) is 0.331. The van der Waals surface area contributed by atoms with Crippen LogP contribution in [-0.4, -0.2) is 43.2 Å². The number of ether oxygens (including phenoxy) is 3. The number of carbonyl (C=O) groups excluding carboxylic acids is 1. The molecule has 2 heterocycles. The molecule has 0 spiro atoms. The Morgan fingerprint density at radius 3 is 2.43 bits per heavy atom. The lowest BCUT2D eigenvalue weighted by molar-refractivity contribution is 0.0697. The summed E-state index contributed by atoms with van der Waals surface area (Å²) in [6.45, 7) is 2.46. The number of methoxy groups -OCH3 is 3. The smallest absolute Gasteiger partial charge is 0.290 e. The SMILES string of the molecule is COc1cc2nc(-c3ccccc3C)c(CN(C(=O)c3ccco3)C3CC3)cc2c(OC)c1OC. The summed E-state index contributed by atoms with van der Waals surface area (Å²) in [6, 6.07) is 15.7. The molecule has 4 aromatic rings. The van der Waals surface area contributed by atoms with E-state index in [9.17, 15) is 4.79 Å². The fourth-order valence-corrected chi connectivity index (χ4v) is 4.50. The maximum absolute atomic E-state index is 13.3. The molecule has 0 aliphatic heterocycles. The number of furan rings is 1. The van der Waals surface area contributed by atoms with Crippen LogP contribution in [0, 0.1) is 6.92 Å². The van der Waals surface area contributed by atoms with Crippen LogP contribution in [0.1, 0.15) is 34.5 Å². The van der Waals surface area contributed by atoms with Crippen LogP contribution >= 0.6 is 0 Å². The Morgan fingerprint density at radius 1 is 1.03 bits per heavy atom. The van der Waals surface area contributed by atoms with Gasteiger partial charge in [0.05, 0.1) is 38.8 Å². The van der Waals surface area contributed by atoms with E-state index in [1.807, 2.05) is 23.1 Å². The molecule has 0 atom stereocenters. The van der Waals surface area contributed by atoms with Crippen molar-refractivity contribution in [1.29, 1.82) is 0 Å². The van der Waals surface area contributed by atoms with Gasteiger partial charge in [0, 0.05) is 29.6 Å². The number of carbonyl (C=O) groups is 1. The van der Waals surface area contributed by atoms with E-state index in [-0.39, 0.29) is 11.9 Å². The van der Waals surface area contributed by atoms with Gasteiger partial charge in [-0.05, 0) is 49.1 Å². The highest BCUT2D eigenvalue weighted by Crippen LogP contribution is 2.44. The van der Waals surface area contributed by atoms with Gasteiger partial charge >= 0.3 is 0 Å². The topological polar surface area (TPSA) is 74.0 Å². The van der Waals surface area contributed by atoms with Gasteiger partial charge in [-0.1, -0.05) is 24.3 Å². The van der Waals surface area contributed by atoms with E-state index >= 15 is 0 Å². The molecule has 1 aliphatic carbocycles. The van der Waals surface area contributed by atoms with Crippen LogP contribution in [0.2, 0.25) is 0 Å². The van der Waals surface area contributed by atoms with E-state index in [0.717, 1.165) is 46.1 Å². The number of pyridine rings is 1. The van der Waals surface area contributed by atoms with Gasteiger partial charge in [0.2, 0.25) is 5.75 Å². The second kappa shape index (κ2) is 9.33. The normalized spacial score (nSPS) is 13.0. The highest BCUT2D eigenvalue weighted by atomic mass is 16.5. The van der Waals surface area contributed by atoms with Gasteiger partial charge in [-0.15, -0.1) is 0 Å². The lowest BCUT2D eigenvalue weighted by Crippen LogP contribution is -2.32. The highest BCUT2D eigenvalue weighted by Gasteiger charge is 2.35. The zero-order valence-corrected chi connectivity index (χ0v) is 20.3. The molecule has 0 bridgehead atoms. The minimum Gasteiger partial charge on any atom is -0.493 e. The van der Waals surface area contributed by atoms with Crippen molar-refractivity contribution in [2.45, 2.75) is 32.4 Å². The molecular weight excluding hydrogens is 444 g/mol. The predicted molar refractivity (Wildman–Crippen MR) is 133 cm³/mol. The second-order valence-electron chi connectivity index (χ2n) is 8.66. The van der Waals surface area contributed by atoms with Crippen molar-refractivity contribution in [2.24, 2.45) is 0 Å². The molecule has 35 heavy (non-hydrogen) atoms. The average molecular weight is 473 g/mol.